The van der Waals surface area contributed by atoms with Gasteiger partial charge in [0.1, 0.15) is 0 Å². The highest BCUT2D eigenvalue weighted by Crippen LogP contribution is 1.94. The van der Waals surface area contributed by atoms with Gasteiger partial charge in [-0.1, -0.05) is 0 Å². The van der Waals surface area contributed by atoms with Crippen molar-refractivity contribution < 1.29 is 4.74 Å². The van der Waals surface area contributed by atoms with Crippen molar-refractivity contribution in [1.82, 2.24) is 9.97 Å². The van der Waals surface area contributed by atoms with Crippen LogP contribution in [-0.4, -0.2) is 30.2 Å². The number of hydrogen-bond donors (Lipinski definition) is 2. The molecule has 0 saturated heterocycles. The first-order valence-electron chi connectivity index (χ1n) is 3.65. The Kier molecular flexibility index (Phi) is 3.47. The van der Waals surface area contributed by atoms with Crippen LogP contribution in [0.15, 0.2) is 12.4 Å². The van der Waals surface area contributed by atoms with E-state index in [-0.39, 0.29) is 0 Å². The van der Waals surface area contributed by atoms with Gasteiger partial charge < -0.3 is 15.0 Å². The molecular weight excluding hydrogens is 142 g/mol. The van der Waals surface area contributed by atoms with E-state index in [1.54, 1.807) is 19.5 Å². The lowest BCUT2D eigenvalue weighted by Crippen LogP contribution is -2.05. The van der Waals surface area contributed by atoms with Crippen LogP contribution in [0.4, 0.5) is 5.95 Å². The van der Waals surface area contributed by atoms with E-state index < -0.39 is 0 Å². The van der Waals surface area contributed by atoms with Crippen LogP contribution >= 0.6 is 0 Å². The first-order valence-corrected chi connectivity index (χ1v) is 3.65. The molecule has 4 heteroatoms. The van der Waals surface area contributed by atoms with E-state index in [1.165, 1.54) is 0 Å². The summed E-state index contributed by atoms with van der Waals surface area (Å²) in [5.41, 5.74) is 0. The highest BCUT2D eigenvalue weighted by molar-refractivity contribution is 5.22. The Hall–Kier alpha value is -1.03. The molecule has 0 aromatic carbocycles. The van der Waals surface area contributed by atoms with Crippen molar-refractivity contribution in [1.29, 1.82) is 0 Å². The van der Waals surface area contributed by atoms with E-state index >= 15 is 0 Å². The van der Waals surface area contributed by atoms with Crippen LogP contribution in [0.1, 0.15) is 6.42 Å². The maximum absolute atomic E-state index is 4.89. The first kappa shape index (κ1) is 8.07. The van der Waals surface area contributed by atoms with Crippen LogP contribution in [-0.2, 0) is 4.74 Å². The van der Waals surface area contributed by atoms with Crippen LogP contribution < -0.4 is 5.32 Å². The summed E-state index contributed by atoms with van der Waals surface area (Å²) in [5.74, 6) is 0.820. The zero-order valence-electron chi connectivity index (χ0n) is 6.63. The van der Waals surface area contributed by atoms with Gasteiger partial charge >= 0.3 is 0 Å². The van der Waals surface area contributed by atoms with Crippen molar-refractivity contribution in [2.75, 3.05) is 25.6 Å². The van der Waals surface area contributed by atoms with Crippen LogP contribution in [0.5, 0.6) is 0 Å². The highest BCUT2D eigenvalue weighted by atomic mass is 16.5. The molecule has 0 atom stereocenters. The average Bonchev–Trinajstić information content (AvgIpc) is 2.50. The largest absolute Gasteiger partial charge is 0.385 e. The Morgan fingerprint density at radius 1 is 1.73 bits per heavy atom. The number of aromatic nitrogens is 2. The van der Waals surface area contributed by atoms with Crippen LogP contribution in [0.3, 0.4) is 0 Å². The van der Waals surface area contributed by atoms with Crippen molar-refractivity contribution in [2.45, 2.75) is 6.42 Å². The van der Waals surface area contributed by atoms with Crippen molar-refractivity contribution in [2.24, 2.45) is 0 Å². The molecule has 0 aliphatic heterocycles. The third-order valence-corrected chi connectivity index (χ3v) is 1.32. The fourth-order valence-electron chi connectivity index (χ4n) is 0.785. The molecule has 0 spiro atoms. The molecule has 0 radical (unpaired) electrons. The summed E-state index contributed by atoms with van der Waals surface area (Å²) in [6.45, 7) is 1.68. The fourth-order valence-corrected chi connectivity index (χ4v) is 0.785. The zero-order valence-corrected chi connectivity index (χ0v) is 6.63. The maximum Gasteiger partial charge on any atom is 0.200 e. The fraction of sp³-hybridized carbons (Fsp3) is 0.571. The quantitative estimate of drug-likeness (QED) is 0.620. The smallest absolute Gasteiger partial charge is 0.200 e. The average molecular weight is 155 g/mol. The monoisotopic (exact) mass is 155 g/mol. The molecule has 1 rings (SSSR count). The third-order valence-electron chi connectivity index (χ3n) is 1.32. The molecule has 2 N–H and O–H groups in total. The van der Waals surface area contributed by atoms with Crippen molar-refractivity contribution >= 4 is 5.95 Å². The lowest BCUT2D eigenvalue weighted by molar-refractivity contribution is 0.197. The molecule has 1 aromatic heterocycles. The molecule has 0 bridgehead atoms. The molecule has 0 amide bonds. The number of rotatable bonds is 5. The molecule has 11 heavy (non-hydrogen) atoms. The number of anilines is 1. The van der Waals surface area contributed by atoms with Gasteiger partial charge in [0.25, 0.3) is 0 Å². The number of H-pyrrole nitrogens is 1. The van der Waals surface area contributed by atoms with Gasteiger partial charge in [0.2, 0.25) is 0 Å². The number of hydrogen-bond acceptors (Lipinski definition) is 3. The maximum atomic E-state index is 4.89. The number of nitrogens with zero attached hydrogens (tertiary/aromatic N) is 1. The van der Waals surface area contributed by atoms with Gasteiger partial charge in [0.05, 0.1) is 0 Å². The van der Waals surface area contributed by atoms with Crippen LogP contribution in [0.25, 0.3) is 0 Å². The Balaban J connectivity index is 2.04. The van der Waals surface area contributed by atoms with E-state index in [0.717, 1.165) is 25.5 Å². The molecule has 0 saturated carbocycles. The minimum atomic E-state index is 0.785. The van der Waals surface area contributed by atoms with E-state index in [0.29, 0.717) is 0 Å². The van der Waals surface area contributed by atoms with Crippen LogP contribution in [0, 0.1) is 0 Å². The molecule has 4 nitrogen and oxygen atoms in total. The molecule has 62 valence electrons. The van der Waals surface area contributed by atoms with Crippen molar-refractivity contribution in [3.63, 3.8) is 0 Å². The van der Waals surface area contributed by atoms with Crippen molar-refractivity contribution in [3.05, 3.63) is 12.4 Å². The first-order chi connectivity index (χ1) is 5.43. The SMILES string of the molecule is COCCCNc1ncc[nH]1. The van der Waals surface area contributed by atoms with Gasteiger partial charge in [0, 0.05) is 32.7 Å². The standard InChI is InChI=1S/C7H13N3O/c1-11-6-2-3-8-7-9-4-5-10-7/h4-5H,2-3,6H2,1H3,(H2,8,9,10). The van der Waals surface area contributed by atoms with Crippen LogP contribution in [0.2, 0.25) is 0 Å². The Morgan fingerprint density at radius 3 is 3.27 bits per heavy atom. The Morgan fingerprint density at radius 2 is 2.64 bits per heavy atom. The Bertz CT molecular complexity index is 174. The summed E-state index contributed by atoms with van der Waals surface area (Å²) in [4.78, 5) is 6.96. The normalized spacial score (nSPS) is 9.91. The lowest BCUT2D eigenvalue weighted by atomic mass is 10.4. The van der Waals surface area contributed by atoms with Gasteiger partial charge in [-0.3, -0.25) is 0 Å². The summed E-state index contributed by atoms with van der Waals surface area (Å²) in [7, 11) is 1.70. The topological polar surface area (TPSA) is 49.9 Å². The number of nitrogens with one attached hydrogen (secondary N) is 2. The number of ether oxygens (including phenoxy) is 1. The van der Waals surface area contributed by atoms with Gasteiger partial charge in [-0.25, -0.2) is 4.98 Å². The predicted molar refractivity (Wildman–Crippen MR) is 43.6 cm³/mol. The summed E-state index contributed by atoms with van der Waals surface area (Å²) in [6.07, 6.45) is 4.51. The molecule has 1 heterocycles. The van der Waals surface area contributed by atoms with Gasteiger partial charge in [-0.05, 0) is 6.42 Å². The van der Waals surface area contributed by atoms with Gasteiger partial charge in [-0.15, -0.1) is 0 Å². The Labute approximate surface area is 66.0 Å². The van der Waals surface area contributed by atoms with E-state index in [4.69, 9.17) is 4.74 Å². The zero-order chi connectivity index (χ0) is 7.94. The second-order valence-electron chi connectivity index (χ2n) is 2.21. The molecular formula is C7H13N3O. The number of methoxy groups -OCH3 is 1. The minimum absolute atomic E-state index is 0.785. The minimum Gasteiger partial charge on any atom is -0.385 e. The summed E-state index contributed by atoms with van der Waals surface area (Å²) in [5, 5.41) is 3.11. The lowest BCUT2D eigenvalue weighted by Gasteiger charge is -2.00. The predicted octanol–water partition coefficient (Wildman–Crippen LogP) is 0.858. The number of imidazole rings is 1. The van der Waals surface area contributed by atoms with E-state index in [2.05, 4.69) is 15.3 Å². The number of aromatic amines is 1. The van der Waals surface area contributed by atoms with Gasteiger partial charge in [-0.2, -0.15) is 0 Å². The molecule has 1 aromatic rings. The second kappa shape index (κ2) is 4.73. The summed E-state index contributed by atoms with van der Waals surface area (Å²) >= 11 is 0. The van der Waals surface area contributed by atoms with Gasteiger partial charge in [0.15, 0.2) is 5.95 Å². The summed E-state index contributed by atoms with van der Waals surface area (Å²) in [6, 6.07) is 0. The molecule has 0 aliphatic carbocycles. The van der Waals surface area contributed by atoms with E-state index in [9.17, 15) is 0 Å². The van der Waals surface area contributed by atoms with Crippen molar-refractivity contribution in [3.8, 4) is 0 Å². The second-order valence-corrected chi connectivity index (χ2v) is 2.21. The van der Waals surface area contributed by atoms with E-state index in [1.807, 2.05) is 0 Å². The summed E-state index contributed by atoms with van der Waals surface area (Å²) < 4.78 is 4.89. The third kappa shape index (κ3) is 3.04. The molecule has 0 aliphatic rings. The molecule has 0 unspecified atom stereocenters. The highest BCUT2D eigenvalue weighted by Gasteiger charge is 1.90. The molecule has 0 fully saturated rings.